The molecule has 0 N–H and O–H groups in total. The van der Waals surface area contributed by atoms with Crippen LogP contribution in [0.1, 0.15) is 65.7 Å². The highest BCUT2D eigenvalue weighted by Gasteiger charge is 2.49. The van der Waals surface area contributed by atoms with Gasteiger partial charge in [-0.3, -0.25) is 0 Å². The van der Waals surface area contributed by atoms with Crippen LogP contribution in [0.2, 0.25) is 0 Å². The molecule has 0 radical (unpaired) electrons. The van der Waals surface area contributed by atoms with Crippen molar-refractivity contribution >= 4 is 5.78 Å². The Morgan fingerprint density at radius 3 is 1.87 bits per heavy atom. The second kappa shape index (κ2) is 3.61. The highest BCUT2D eigenvalue weighted by atomic mass is 16.1. The molecule has 3 saturated carbocycles. The standard InChI is InChI=1S/C14H24O/c1-11(2)14-7-4-13(5-8-14,6-9-14)10-12(3)15/h11H,4-10H2,1-3H3. The van der Waals surface area contributed by atoms with Crippen LogP contribution < -0.4 is 0 Å². The maximum atomic E-state index is 11.3. The molecular formula is C14H24O. The Hall–Kier alpha value is -0.330. The molecule has 1 heteroatoms. The lowest BCUT2D eigenvalue weighted by Crippen LogP contribution is -2.44. The molecule has 3 aliphatic carbocycles. The van der Waals surface area contributed by atoms with E-state index in [1.165, 1.54) is 38.5 Å². The van der Waals surface area contributed by atoms with Crippen molar-refractivity contribution in [3.05, 3.63) is 0 Å². The molecule has 0 aromatic rings. The number of carbonyl (C=O) groups excluding carboxylic acids is 1. The summed E-state index contributed by atoms with van der Waals surface area (Å²) < 4.78 is 0. The number of rotatable bonds is 3. The van der Waals surface area contributed by atoms with Crippen molar-refractivity contribution in [3.63, 3.8) is 0 Å². The average Bonchev–Trinajstić information content (AvgIpc) is 2.18. The monoisotopic (exact) mass is 208 g/mol. The normalized spacial score (nSPS) is 39.7. The molecule has 86 valence electrons. The van der Waals surface area contributed by atoms with Gasteiger partial charge in [0.25, 0.3) is 0 Å². The van der Waals surface area contributed by atoms with E-state index < -0.39 is 0 Å². The first-order chi connectivity index (χ1) is 6.98. The molecule has 0 heterocycles. The Balaban J connectivity index is 2.07. The van der Waals surface area contributed by atoms with E-state index in [1.807, 2.05) is 0 Å². The third-order valence-corrected chi connectivity index (χ3v) is 5.31. The van der Waals surface area contributed by atoms with Crippen LogP contribution in [-0.2, 0) is 4.79 Å². The maximum absolute atomic E-state index is 11.3. The van der Waals surface area contributed by atoms with Gasteiger partial charge in [-0.1, -0.05) is 13.8 Å². The summed E-state index contributed by atoms with van der Waals surface area (Å²) in [6, 6.07) is 0. The maximum Gasteiger partial charge on any atom is 0.130 e. The number of ketones is 1. The summed E-state index contributed by atoms with van der Waals surface area (Å²) in [5.74, 6) is 1.22. The van der Waals surface area contributed by atoms with E-state index in [-0.39, 0.29) is 0 Å². The number of carbonyl (C=O) groups is 1. The summed E-state index contributed by atoms with van der Waals surface area (Å²) in [4.78, 5) is 11.3. The SMILES string of the molecule is CC(=O)CC12CCC(C(C)C)(CC1)CC2. The van der Waals surface area contributed by atoms with Crippen molar-refractivity contribution in [1.82, 2.24) is 0 Å². The molecule has 0 unspecified atom stereocenters. The molecule has 0 spiro atoms. The fraction of sp³-hybridized carbons (Fsp3) is 0.929. The summed E-state index contributed by atoms with van der Waals surface area (Å²) in [5.41, 5.74) is 1.06. The summed E-state index contributed by atoms with van der Waals surface area (Å²) in [6.07, 6.45) is 8.90. The van der Waals surface area contributed by atoms with Crippen LogP contribution in [0, 0.1) is 16.7 Å². The Labute approximate surface area is 93.6 Å². The summed E-state index contributed by atoms with van der Waals surface area (Å²) in [7, 11) is 0. The van der Waals surface area contributed by atoms with Crippen molar-refractivity contribution in [3.8, 4) is 0 Å². The third kappa shape index (κ3) is 1.86. The van der Waals surface area contributed by atoms with Gasteiger partial charge in [-0.15, -0.1) is 0 Å². The lowest BCUT2D eigenvalue weighted by Gasteiger charge is -2.55. The van der Waals surface area contributed by atoms with Crippen LogP contribution in [-0.4, -0.2) is 5.78 Å². The van der Waals surface area contributed by atoms with Crippen LogP contribution in [0.25, 0.3) is 0 Å². The Morgan fingerprint density at radius 2 is 1.53 bits per heavy atom. The van der Waals surface area contributed by atoms with E-state index in [0.29, 0.717) is 16.6 Å². The largest absolute Gasteiger partial charge is 0.300 e. The Bertz CT molecular complexity index is 240. The molecule has 3 fully saturated rings. The van der Waals surface area contributed by atoms with Gasteiger partial charge in [0.15, 0.2) is 0 Å². The molecule has 3 aliphatic rings. The van der Waals surface area contributed by atoms with Crippen LogP contribution in [0.4, 0.5) is 0 Å². The Kier molecular flexibility index (Phi) is 2.68. The van der Waals surface area contributed by atoms with Crippen LogP contribution in [0.5, 0.6) is 0 Å². The fourth-order valence-electron chi connectivity index (χ4n) is 3.95. The van der Waals surface area contributed by atoms with E-state index in [4.69, 9.17) is 0 Å². The van der Waals surface area contributed by atoms with Gasteiger partial charge in [0.1, 0.15) is 5.78 Å². The predicted octanol–water partition coefficient (Wildman–Crippen LogP) is 3.96. The first-order valence-electron chi connectivity index (χ1n) is 6.48. The summed E-state index contributed by atoms with van der Waals surface area (Å²) >= 11 is 0. The van der Waals surface area contributed by atoms with Crippen LogP contribution >= 0.6 is 0 Å². The zero-order valence-electron chi connectivity index (χ0n) is 10.4. The smallest absolute Gasteiger partial charge is 0.130 e. The molecule has 15 heavy (non-hydrogen) atoms. The number of hydrogen-bond acceptors (Lipinski definition) is 1. The van der Waals surface area contributed by atoms with Crippen molar-refractivity contribution in [1.29, 1.82) is 0 Å². The zero-order chi connectivity index (χ0) is 11.1. The molecule has 1 nitrogen and oxygen atoms in total. The van der Waals surface area contributed by atoms with Gasteiger partial charge in [-0.2, -0.15) is 0 Å². The van der Waals surface area contributed by atoms with E-state index in [9.17, 15) is 4.79 Å². The molecule has 0 aromatic carbocycles. The van der Waals surface area contributed by atoms with Crippen molar-refractivity contribution in [2.45, 2.75) is 65.7 Å². The van der Waals surface area contributed by atoms with Gasteiger partial charge in [-0.25, -0.2) is 0 Å². The number of fused-ring (bicyclic) bond motifs is 3. The van der Waals surface area contributed by atoms with Gasteiger partial charge in [-0.05, 0) is 62.2 Å². The highest BCUT2D eigenvalue weighted by Crippen LogP contribution is 2.60. The van der Waals surface area contributed by atoms with E-state index >= 15 is 0 Å². The van der Waals surface area contributed by atoms with Crippen molar-refractivity contribution in [2.75, 3.05) is 0 Å². The average molecular weight is 208 g/mol. The molecule has 3 rings (SSSR count). The van der Waals surface area contributed by atoms with E-state index in [2.05, 4.69) is 13.8 Å². The lowest BCUT2D eigenvalue weighted by molar-refractivity contribution is -0.123. The van der Waals surface area contributed by atoms with Crippen molar-refractivity contribution in [2.24, 2.45) is 16.7 Å². The minimum absolute atomic E-state index is 0.397. The Morgan fingerprint density at radius 1 is 1.07 bits per heavy atom. The predicted molar refractivity (Wildman–Crippen MR) is 62.7 cm³/mol. The molecule has 2 bridgehead atoms. The van der Waals surface area contributed by atoms with Gasteiger partial charge in [0.05, 0.1) is 0 Å². The fourth-order valence-corrected chi connectivity index (χ4v) is 3.95. The molecular weight excluding hydrogens is 184 g/mol. The van der Waals surface area contributed by atoms with Gasteiger partial charge < -0.3 is 4.79 Å². The van der Waals surface area contributed by atoms with Crippen LogP contribution in [0.3, 0.4) is 0 Å². The quantitative estimate of drug-likeness (QED) is 0.686. The lowest BCUT2D eigenvalue weighted by atomic mass is 9.50. The first-order valence-corrected chi connectivity index (χ1v) is 6.48. The minimum Gasteiger partial charge on any atom is -0.300 e. The highest BCUT2D eigenvalue weighted by molar-refractivity contribution is 5.76. The molecule has 0 amide bonds. The minimum atomic E-state index is 0.397. The first kappa shape index (κ1) is 11.2. The third-order valence-electron chi connectivity index (χ3n) is 5.31. The summed E-state index contributed by atoms with van der Waals surface area (Å²) in [6.45, 7) is 6.51. The van der Waals surface area contributed by atoms with E-state index in [1.54, 1.807) is 6.92 Å². The number of Topliss-reactive ketones (excluding diaryl/α,β-unsaturated/α-hetero) is 1. The molecule has 0 atom stereocenters. The van der Waals surface area contributed by atoms with E-state index in [0.717, 1.165) is 12.3 Å². The topological polar surface area (TPSA) is 17.1 Å². The van der Waals surface area contributed by atoms with Gasteiger partial charge in [0, 0.05) is 6.42 Å². The second-order valence-electron chi connectivity index (χ2n) is 6.40. The van der Waals surface area contributed by atoms with Gasteiger partial charge >= 0.3 is 0 Å². The zero-order valence-corrected chi connectivity index (χ0v) is 10.4. The molecule has 0 aromatic heterocycles. The van der Waals surface area contributed by atoms with Crippen molar-refractivity contribution < 1.29 is 4.79 Å². The number of hydrogen-bond donors (Lipinski definition) is 0. The second-order valence-corrected chi connectivity index (χ2v) is 6.40. The molecule has 0 aliphatic heterocycles. The summed E-state index contributed by atoms with van der Waals surface area (Å²) in [5, 5.41) is 0. The molecule has 0 saturated heterocycles. The van der Waals surface area contributed by atoms with Gasteiger partial charge in [0.2, 0.25) is 0 Å². The van der Waals surface area contributed by atoms with Crippen LogP contribution in [0.15, 0.2) is 0 Å².